The van der Waals surface area contributed by atoms with Crippen molar-refractivity contribution in [3.05, 3.63) is 170 Å². The van der Waals surface area contributed by atoms with Crippen LogP contribution in [0.15, 0.2) is 170 Å². The second-order valence-electron chi connectivity index (χ2n) is 19.7. The molecule has 9 nitrogen and oxygen atoms in total. The molecule has 4 unspecified atom stereocenters. The van der Waals surface area contributed by atoms with Crippen molar-refractivity contribution in [3.63, 3.8) is 0 Å². The summed E-state index contributed by atoms with van der Waals surface area (Å²) in [6.07, 6.45) is 81.5. The third kappa shape index (κ3) is 54.4. The van der Waals surface area contributed by atoms with E-state index in [1.165, 1.54) is 0 Å². The van der Waals surface area contributed by atoms with E-state index < -0.39 is 32.7 Å². The molecule has 3 N–H and O–H groups in total. The van der Waals surface area contributed by atoms with Crippen molar-refractivity contribution in [2.75, 3.05) is 40.9 Å². The van der Waals surface area contributed by atoms with Gasteiger partial charge in [0.05, 0.1) is 39.9 Å². The first-order valence-electron chi connectivity index (χ1n) is 28.5. The van der Waals surface area contributed by atoms with E-state index >= 15 is 0 Å². The summed E-state index contributed by atoms with van der Waals surface area (Å²) in [5.41, 5.74) is 0. The average Bonchev–Trinajstić information content (AvgIpc) is 3.37. The van der Waals surface area contributed by atoms with Crippen molar-refractivity contribution in [1.29, 1.82) is 0 Å². The molecule has 0 spiro atoms. The fraction of sp³-hybridized carbons (Fsp3) is 0.554. The molecule has 0 aliphatic heterocycles. The van der Waals surface area contributed by atoms with Gasteiger partial charge in [-0.15, -0.1) is 0 Å². The summed E-state index contributed by atoms with van der Waals surface area (Å²) in [6, 6.07) is -1.12. The standard InChI is InChI=1S/C65H105N2O7P/c1-6-8-10-12-14-16-18-20-21-22-23-24-25-26-27-28-29-30-31-32-33-34-35-36-37-38-39-40-41-42-43-44-45-46-48-50-52-54-56-58-64(69)66-62(61-74-75(71,72)73-60-59-67(3,4)5)65(70)63(68)57-55-53-51-49-47-19-17-15-13-11-9-7-2/h7-10,14-17,20-21,23-24,26-27,29-30,32-33,35-36,38-39,41-42,44-45,49,51,62-63,65,68,70H,6,11-13,18-19,22,25,28,31,34,37,40,43,46-48,50,52-61H2,1-5H3,(H-,66,69,71,72)/b9-7+,10-8-,16-14-,17-15+,21-20-,24-23-,27-26-,30-29-,33-32-,36-35-,39-38-,42-41-,45-44-,51-49+. The van der Waals surface area contributed by atoms with Gasteiger partial charge in [-0.05, 0) is 142 Å². The van der Waals surface area contributed by atoms with Crippen LogP contribution in [-0.4, -0.2) is 79.8 Å². The molecule has 0 aliphatic carbocycles. The molecule has 0 aromatic rings. The van der Waals surface area contributed by atoms with Crippen LogP contribution in [0.2, 0.25) is 0 Å². The van der Waals surface area contributed by atoms with Crippen LogP contribution in [0.5, 0.6) is 0 Å². The number of rotatable bonds is 49. The second kappa shape index (κ2) is 53.2. The molecule has 0 fully saturated rings. The van der Waals surface area contributed by atoms with Gasteiger partial charge in [-0.3, -0.25) is 9.36 Å². The van der Waals surface area contributed by atoms with Gasteiger partial charge in [-0.1, -0.05) is 196 Å². The quantitative estimate of drug-likeness (QED) is 0.0240. The number of amides is 1. The number of quaternary nitrogens is 1. The normalized spacial score (nSPS) is 15.6. The Morgan fingerprint density at radius 3 is 1.29 bits per heavy atom. The van der Waals surface area contributed by atoms with E-state index in [0.717, 1.165) is 135 Å². The van der Waals surface area contributed by atoms with Crippen molar-refractivity contribution in [3.8, 4) is 0 Å². The smallest absolute Gasteiger partial charge is 0.268 e. The minimum atomic E-state index is -4.70. The summed E-state index contributed by atoms with van der Waals surface area (Å²) >= 11 is 0. The molecule has 0 radical (unpaired) electrons. The number of unbranched alkanes of at least 4 members (excludes halogenated alkanes) is 8. The van der Waals surface area contributed by atoms with Gasteiger partial charge in [-0.2, -0.15) is 0 Å². The number of nitrogens with zero attached hydrogens (tertiary/aromatic N) is 1. The van der Waals surface area contributed by atoms with E-state index in [0.29, 0.717) is 23.9 Å². The maximum absolute atomic E-state index is 13.0. The molecule has 0 aromatic heterocycles. The maximum Gasteiger partial charge on any atom is 0.268 e. The van der Waals surface area contributed by atoms with Gasteiger partial charge < -0.3 is 34.0 Å². The third-order valence-electron chi connectivity index (χ3n) is 11.6. The zero-order valence-electron chi connectivity index (χ0n) is 47.5. The van der Waals surface area contributed by atoms with E-state index in [4.69, 9.17) is 9.05 Å². The number of aliphatic hydroxyl groups is 2. The molecule has 0 rings (SSSR count). The molecule has 0 saturated heterocycles. The summed E-state index contributed by atoms with van der Waals surface area (Å²) in [6.45, 7) is 4.03. The highest BCUT2D eigenvalue weighted by Crippen LogP contribution is 2.38. The molecular formula is C65H105N2O7P. The van der Waals surface area contributed by atoms with Gasteiger partial charge in [0.25, 0.3) is 7.82 Å². The number of hydrogen-bond acceptors (Lipinski definition) is 7. The van der Waals surface area contributed by atoms with E-state index in [-0.39, 0.29) is 25.4 Å². The van der Waals surface area contributed by atoms with Crippen LogP contribution in [-0.2, 0) is 18.4 Å². The average molecular weight is 1060 g/mol. The molecule has 0 heterocycles. The van der Waals surface area contributed by atoms with Gasteiger partial charge in [0.1, 0.15) is 19.3 Å². The Labute approximate surface area is 458 Å². The number of allylic oxidation sites excluding steroid dienone is 28. The minimum absolute atomic E-state index is 0.0642. The van der Waals surface area contributed by atoms with Crippen LogP contribution in [0.1, 0.15) is 174 Å². The van der Waals surface area contributed by atoms with E-state index in [2.05, 4.69) is 182 Å². The fourth-order valence-electron chi connectivity index (χ4n) is 7.12. The zero-order chi connectivity index (χ0) is 55.0. The molecule has 0 saturated carbocycles. The van der Waals surface area contributed by atoms with Crippen LogP contribution in [0, 0.1) is 0 Å². The monoisotopic (exact) mass is 1060 g/mol. The predicted octanol–water partition coefficient (Wildman–Crippen LogP) is 16.0. The van der Waals surface area contributed by atoms with Crippen molar-refractivity contribution < 1.29 is 38.0 Å². The Balaban J connectivity index is 4.28. The predicted molar refractivity (Wildman–Crippen MR) is 321 cm³/mol. The molecule has 0 aliphatic rings. The first-order valence-corrected chi connectivity index (χ1v) is 30.0. The highest BCUT2D eigenvalue weighted by Gasteiger charge is 2.29. The first-order chi connectivity index (χ1) is 36.4. The molecule has 75 heavy (non-hydrogen) atoms. The number of hydrogen-bond donors (Lipinski definition) is 3. The Kier molecular flexibility index (Phi) is 50.3. The van der Waals surface area contributed by atoms with E-state index in [9.17, 15) is 24.5 Å². The zero-order valence-corrected chi connectivity index (χ0v) is 48.4. The van der Waals surface area contributed by atoms with Crippen molar-refractivity contribution in [2.45, 2.75) is 193 Å². The lowest BCUT2D eigenvalue weighted by Crippen LogP contribution is -2.51. The second-order valence-corrected chi connectivity index (χ2v) is 21.1. The minimum Gasteiger partial charge on any atom is -0.756 e. The molecule has 4 atom stereocenters. The van der Waals surface area contributed by atoms with Crippen molar-refractivity contribution >= 4 is 13.7 Å². The number of carbonyl (C=O) groups is 1. The summed E-state index contributed by atoms with van der Waals surface area (Å²) < 4.78 is 23.2. The van der Waals surface area contributed by atoms with Crippen LogP contribution < -0.4 is 10.2 Å². The summed E-state index contributed by atoms with van der Waals surface area (Å²) in [5.74, 6) is -0.323. The Morgan fingerprint density at radius 2 is 0.867 bits per heavy atom. The van der Waals surface area contributed by atoms with Crippen LogP contribution in [0.25, 0.3) is 0 Å². The summed E-state index contributed by atoms with van der Waals surface area (Å²) in [4.78, 5) is 25.5. The number of nitrogens with one attached hydrogen (secondary N) is 1. The van der Waals surface area contributed by atoms with E-state index in [1.807, 2.05) is 28.1 Å². The van der Waals surface area contributed by atoms with Gasteiger partial charge in [0, 0.05) is 6.42 Å². The van der Waals surface area contributed by atoms with Gasteiger partial charge in [0.15, 0.2) is 0 Å². The van der Waals surface area contributed by atoms with Gasteiger partial charge in [-0.25, -0.2) is 0 Å². The number of phosphoric ester groups is 1. The topological polar surface area (TPSA) is 128 Å². The van der Waals surface area contributed by atoms with Gasteiger partial charge in [0.2, 0.25) is 5.91 Å². The third-order valence-corrected chi connectivity index (χ3v) is 12.5. The highest BCUT2D eigenvalue weighted by atomic mass is 31.2. The lowest BCUT2D eigenvalue weighted by molar-refractivity contribution is -0.870. The van der Waals surface area contributed by atoms with Gasteiger partial charge >= 0.3 is 0 Å². The summed E-state index contributed by atoms with van der Waals surface area (Å²) in [5, 5.41) is 24.6. The number of carbonyl (C=O) groups excluding carboxylic acids is 1. The lowest BCUT2D eigenvalue weighted by Gasteiger charge is -2.31. The van der Waals surface area contributed by atoms with Crippen molar-refractivity contribution in [2.24, 2.45) is 0 Å². The highest BCUT2D eigenvalue weighted by molar-refractivity contribution is 7.45. The van der Waals surface area contributed by atoms with Crippen LogP contribution in [0.3, 0.4) is 0 Å². The SMILES string of the molecule is C/C=C/CC/C=C/CC/C=C/CCCC(O)C(O)C(COP(=O)([O-])OCC[N+](C)(C)C)NC(=O)CCCCCCC/C=C\C/C=C\C/C=C\C/C=C\C/C=C\C/C=C\C/C=C\C/C=C\C/C=C\C/C=C\C/C=C\CC. The lowest BCUT2D eigenvalue weighted by atomic mass is 10.0. The fourth-order valence-corrected chi connectivity index (χ4v) is 7.84. The van der Waals surface area contributed by atoms with Crippen molar-refractivity contribution in [1.82, 2.24) is 5.32 Å². The molecule has 10 heteroatoms. The van der Waals surface area contributed by atoms with Crippen LogP contribution >= 0.6 is 7.82 Å². The van der Waals surface area contributed by atoms with Crippen LogP contribution in [0.4, 0.5) is 0 Å². The molecular weight excluding hydrogens is 952 g/mol. The first kappa shape index (κ1) is 70.8. The molecule has 0 bridgehead atoms. The Morgan fingerprint density at radius 1 is 0.507 bits per heavy atom. The Hall–Kier alpha value is -4.18. The number of likely N-dealkylation sites (N-methyl/N-ethyl adjacent to an activating group) is 1. The Bertz CT molecular complexity index is 1840. The molecule has 1 amide bonds. The number of aliphatic hydroxyl groups excluding tert-OH is 2. The largest absolute Gasteiger partial charge is 0.756 e. The maximum atomic E-state index is 13.0. The summed E-state index contributed by atoms with van der Waals surface area (Å²) in [7, 11) is 1.05. The van der Waals surface area contributed by atoms with E-state index in [1.54, 1.807) is 0 Å². The number of phosphoric acid groups is 1. The molecule has 0 aromatic carbocycles. The molecule has 422 valence electrons.